The average Bonchev–Trinajstić information content (AvgIpc) is 2.47. The second-order valence-corrected chi connectivity index (χ2v) is 4.28. The lowest BCUT2D eigenvalue weighted by Crippen LogP contribution is -2.36. The largest absolute Gasteiger partial charge is 0.487 e. The quantitative estimate of drug-likeness (QED) is 0.784. The van der Waals surface area contributed by atoms with E-state index >= 15 is 0 Å². The number of halogens is 1. The predicted molar refractivity (Wildman–Crippen MR) is 62.4 cm³/mol. The molecule has 0 spiro atoms. The summed E-state index contributed by atoms with van der Waals surface area (Å²) in [5, 5.41) is 9.42. The van der Waals surface area contributed by atoms with Gasteiger partial charge in [0.25, 0.3) is 0 Å². The van der Waals surface area contributed by atoms with Crippen molar-refractivity contribution in [3.8, 4) is 5.75 Å². The molecule has 0 radical (unpaired) electrons. The first kappa shape index (κ1) is 12.0. The molecule has 1 aliphatic rings. The average molecular weight is 257 g/mol. The number of aromatic nitrogens is 1. The third-order valence-corrected chi connectivity index (χ3v) is 2.89. The van der Waals surface area contributed by atoms with E-state index in [-0.39, 0.29) is 12.6 Å². The van der Waals surface area contributed by atoms with Gasteiger partial charge in [-0.05, 0) is 18.6 Å². The van der Waals surface area contributed by atoms with Crippen LogP contribution in [-0.2, 0) is 6.54 Å². The Morgan fingerprint density at radius 2 is 2.47 bits per heavy atom. The van der Waals surface area contributed by atoms with E-state index in [0.29, 0.717) is 23.1 Å². The van der Waals surface area contributed by atoms with E-state index in [0.717, 1.165) is 6.42 Å². The number of rotatable bonds is 1. The minimum atomic E-state index is -0.971. The van der Waals surface area contributed by atoms with Gasteiger partial charge in [0.05, 0.1) is 13.1 Å². The van der Waals surface area contributed by atoms with Gasteiger partial charge in [0.1, 0.15) is 22.7 Å². The predicted octanol–water partition coefficient (Wildman–Crippen LogP) is 2.39. The first-order chi connectivity index (χ1) is 8.10. The van der Waals surface area contributed by atoms with Crippen LogP contribution in [0.3, 0.4) is 0 Å². The van der Waals surface area contributed by atoms with Crippen molar-refractivity contribution in [2.75, 3.05) is 6.54 Å². The first-order valence-electron chi connectivity index (χ1n) is 5.40. The minimum Gasteiger partial charge on any atom is -0.487 e. The zero-order chi connectivity index (χ0) is 12.4. The van der Waals surface area contributed by atoms with Gasteiger partial charge in [-0.15, -0.1) is 0 Å². The Bertz CT molecular complexity index is 439. The Kier molecular flexibility index (Phi) is 3.38. The first-order valence-corrected chi connectivity index (χ1v) is 5.78. The van der Waals surface area contributed by atoms with Gasteiger partial charge in [-0.25, -0.2) is 9.78 Å². The zero-order valence-electron chi connectivity index (χ0n) is 9.39. The minimum absolute atomic E-state index is 0.143. The maximum Gasteiger partial charge on any atom is 0.407 e. The zero-order valence-corrected chi connectivity index (χ0v) is 10.1. The van der Waals surface area contributed by atoms with E-state index in [2.05, 4.69) is 4.98 Å². The van der Waals surface area contributed by atoms with Crippen LogP contribution in [0.25, 0.3) is 0 Å². The molecule has 2 rings (SSSR count). The van der Waals surface area contributed by atoms with Crippen LogP contribution in [-0.4, -0.2) is 33.7 Å². The number of pyridine rings is 1. The second kappa shape index (κ2) is 4.79. The molecule has 0 saturated heterocycles. The fourth-order valence-corrected chi connectivity index (χ4v) is 1.91. The monoisotopic (exact) mass is 256 g/mol. The topological polar surface area (TPSA) is 62.7 Å². The maximum atomic E-state index is 11.1. The molecule has 0 aromatic carbocycles. The summed E-state index contributed by atoms with van der Waals surface area (Å²) in [5.74, 6) is 0.616. The van der Waals surface area contributed by atoms with E-state index in [9.17, 15) is 4.79 Å². The number of fused-ring (bicyclic) bond motifs is 1. The van der Waals surface area contributed by atoms with E-state index in [4.69, 9.17) is 21.4 Å². The van der Waals surface area contributed by atoms with Crippen LogP contribution in [0.1, 0.15) is 19.0 Å². The molecule has 1 N–H and O–H groups in total. The van der Waals surface area contributed by atoms with Crippen molar-refractivity contribution in [2.45, 2.75) is 26.0 Å². The molecule has 1 amide bonds. The van der Waals surface area contributed by atoms with Gasteiger partial charge in [-0.3, -0.25) is 4.90 Å². The van der Waals surface area contributed by atoms with Crippen molar-refractivity contribution < 1.29 is 14.6 Å². The van der Waals surface area contributed by atoms with Crippen molar-refractivity contribution in [3.63, 3.8) is 0 Å². The number of ether oxygens (including phenoxy) is 1. The summed E-state index contributed by atoms with van der Waals surface area (Å²) >= 11 is 5.79. The summed E-state index contributed by atoms with van der Waals surface area (Å²) in [7, 11) is 0. The van der Waals surface area contributed by atoms with Crippen LogP contribution < -0.4 is 4.74 Å². The molecule has 6 heteroatoms. The lowest BCUT2D eigenvalue weighted by Gasteiger charge is -2.19. The van der Waals surface area contributed by atoms with Crippen LogP contribution in [0, 0.1) is 0 Å². The highest BCUT2D eigenvalue weighted by atomic mass is 35.5. The number of hydrogen-bond donors (Lipinski definition) is 1. The van der Waals surface area contributed by atoms with Crippen molar-refractivity contribution in [3.05, 3.63) is 23.0 Å². The van der Waals surface area contributed by atoms with Crippen LogP contribution in [0.2, 0.25) is 5.15 Å². The van der Waals surface area contributed by atoms with Gasteiger partial charge in [0.15, 0.2) is 0 Å². The van der Waals surface area contributed by atoms with Crippen LogP contribution in [0.4, 0.5) is 4.79 Å². The SMILES string of the molecule is CC[C@@H]1CN(C(=O)O)Cc2nc(Cl)ccc2O1. The smallest absolute Gasteiger partial charge is 0.407 e. The highest BCUT2D eigenvalue weighted by Gasteiger charge is 2.25. The molecule has 92 valence electrons. The molecule has 0 aliphatic carbocycles. The Balaban J connectivity index is 2.35. The standard InChI is InChI=1S/C11H13ClN2O3/c1-2-7-5-14(11(15)16)6-8-9(17-7)3-4-10(12)13-8/h3-4,7H,2,5-6H2,1H3,(H,15,16)/t7-/m1/s1. The normalized spacial score (nSPS) is 19.2. The third-order valence-electron chi connectivity index (χ3n) is 2.68. The number of amides is 1. The Morgan fingerprint density at radius 3 is 3.12 bits per heavy atom. The summed E-state index contributed by atoms with van der Waals surface area (Å²) in [5.41, 5.74) is 0.566. The number of hydrogen-bond acceptors (Lipinski definition) is 3. The lowest BCUT2D eigenvalue weighted by atomic mass is 10.2. The van der Waals surface area contributed by atoms with E-state index in [1.54, 1.807) is 12.1 Å². The van der Waals surface area contributed by atoms with Crippen LogP contribution in [0.5, 0.6) is 5.75 Å². The summed E-state index contributed by atoms with van der Waals surface area (Å²) in [4.78, 5) is 16.5. The van der Waals surface area contributed by atoms with Gasteiger partial charge >= 0.3 is 6.09 Å². The molecule has 1 aromatic heterocycles. The molecule has 1 aromatic rings. The molecule has 1 atom stereocenters. The Labute approximate surface area is 104 Å². The van der Waals surface area contributed by atoms with Crippen molar-refractivity contribution >= 4 is 17.7 Å². The molecule has 0 bridgehead atoms. The molecule has 17 heavy (non-hydrogen) atoms. The third kappa shape index (κ3) is 2.61. The van der Waals surface area contributed by atoms with Crippen LogP contribution >= 0.6 is 11.6 Å². The molecule has 2 heterocycles. The van der Waals surface area contributed by atoms with Gasteiger partial charge < -0.3 is 9.84 Å². The van der Waals surface area contributed by atoms with Crippen LogP contribution in [0.15, 0.2) is 12.1 Å². The second-order valence-electron chi connectivity index (χ2n) is 3.89. The molecule has 0 unspecified atom stereocenters. The maximum absolute atomic E-state index is 11.1. The highest BCUT2D eigenvalue weighted by Crippen LogP contribution is 2.26. The van der Waals surface area contributed by atoms with Gasteiger partial charge in [0, 0.05) is 0 Å². The van der Waals surface area contributed by atoms with Crippen molar-refractivity contribution in [1.29, 1.82) is 0 Å². The van der Waals surface area contributed by atoms with E-state index in [1.807, 2.05) is 6.92 Å². The molecular weight excluding hydrogens is 244 g/mol. The van der Waals surface area contributed by atoms with E-state index < -0.39 is 6.09 Å². The Morgan fingerprint density at radius 1 is 1.71 bits per heavy atom. The number of carbonyl (C=O) groups is 1. The lowest BCUT2D eigenvalue weighted by molar-refractivity contribution is 0.114. The van der Waals surface area contributed by atoms with Gasteiger partial charge in [-0.2, -0.15) is 0 Å². The van der Waals surface area contributed by atoms with Gasteiger partial charge in [-0.1, -0.05) is 18.5 Å². The molecule has 0 fully saturated rings. The summed E-state index contributed by atoms with van der Waals surface area (Å²) in [6.45, 7) is 2.51. The van der Waals surface area contributed by atoms with Crippen molar-refractivity contribution in [2.24, 2.45) is 0 Å². The molecule has 1 aliphatic heterocycles. The molecule has 0 saturated carbocycles. The number of carboxylic acid groups (broad SMARTS) is 1. The number of nitrogens with zero attached hydrogens (tertiary/aromatic N) is 2. The fraction of sp³-hybridized carbons (Fsp3) is 0.455. The van der Waals surface area contributed by atoms with Gasteiger partial charge in [0.2, 0.25) is 0 Å². The molecule has 5 nitrogen and oxygen atoms in total. The Hall–Kier alpha value is -1.49. The summed E-state index contributed by atoms with van der Waals surface area (Å²) < 4.78 is 5.72. The molecular formula is C11H13ClN2O3. The fourth-order valence-electron chi connectivity index (χ4n) is 1.75. The summed E-state index contributed by atoms with van der Waals surface area (Å²) in [6.07, 6.45) is -0.372. The van der Waals surface area contributed by atoms with Crippen molar-refractivity contribution in [1.82, 2.24) is 9.88 Å². The van der Waals surface area contributed by atoms with E-state index in [1.165, 1.54) is 4.90 Å². The highest BCUT2D eigenvalue weighted by molar-refractivity contribution is 6.29. The summed E-state index contributed by atoms with van der Waals surface area (Å²) in [6, 6.07) is 3.38.